The van der Waals surface area contributed by atoms with Crippen molar-refractivity contribution in [3.8, 4) is 0 Å². The van der Waals surface area contributed by atoms with E-state index in [1.54, 1.807) is 0 Å². The highest BCUT2D eigenvalue weighted by molar-refractivity contribution is 7.89. The summed E-state index contributed by atoms with van der Waals surface area (Å²) in [6, 6.07) is 14.5. The molecule has 6 nitrogen and oxygen atoms in total. The Balaban J connectivity index is 1.49. The van der Waals surface area contributed by atoms with Crippen molar-refractivity contribution in [2.45, 2.75) is 43.7 Å². The van der Waals surface area contributed by atoms with Crippen LogP contribution in [-0.2, 0) is 14.8 Å². The van der Waals surface area contributed by atoms with Gasteiger partial charge in [0.2, 0.25) is 15.9 Å². The molecule has 1 amide bonds. The largest absolute Gasteiger partial charge is 0.348 e. The van der Waals surface area contributed by atoms with Crippen LogP contribution in [0, 0.1) is 11.7 Å². The van der Waals surface area contributed by atoms with Crippen LogP contribution in [0.1, 0.15) is 38.3 Å². The second-order valence-corrected chi connectivity index (χ2v) is 10.0. The summed E-state index contributed by atoms with van der Waals surface area (Å²) in [7, 11) is -3.69. The summed E-state index contributed by atoms with van der Waals surface area (Å²) in [6.07, 6.45) is 1.22. The third-order valence-electron chi connectivity index (χ3n) is 5.54. The minimum Gasteiger partial charge on any atom is -0.348 e. The summed E-state index contributed by atoms with van der Waals surface area (Å²) in [5.41, 5.74) is 1.08. The number of benzene rings is 2. The summed E-state index contributed by atoms with van der Waals surface area (Å²) < 4.78 is 40.7. The summed E-state index contributed by atoms with van der Waals surface area (Å²) in [4.78, 5) is 14.7. The van der Waals surface area contributed by atoms with Gasteiger partial charge in [-0.2, -0.15) is 0 Å². The number of hydrogen-bond acceptors (Lipinski definition) is 4. The number of rotatable bonds is 8. The maximum atomic E-state index is 13.0. The van der Waals surface area contributed by atoms with Crippen molar-refractivity contribution in [3.63, 3.8) is 0 Å². The average Bonchev–Trinajstić information content (AvgIpc) is 2.74. The fourth-order valence-corrected chi connectivity index (χ4v) is 5.13. The van der Waals surface area contributed by atoms with E-state index >= 15 is 0 Å². The van der Waals surface area contributed by atoms with Gasteiger partial charge >= 0.3 is 0 Å². The second kappa shape index (κ2) is 10.3. The molecular formula is C23H30FN3O3S. The van der Waals surface area contributed by atoms with Gasteiger partial charge in [0.15, 0.2) is 0 Å². The highest BCUT2D eigenvalue weighted by Crippen LogP contribution is 2.21. The first-order valence-electron chi connectivity index (χ1n) is 10.6. The minimum atomic E-state index is -3.69. The summed E-state index contributed by atoms with van der Waals surface area (Å²) in [6.45, 7) is 5.70. The molecule has 2 N–H and O–H groups in total. The Hall–Kier alpha value is -2.29. The number of hydrogen-bond donors (Lipinski definition) is 2. The van der Waals surface area contributed by atoms with Gasteiger partial charge in [-0.25, -0.2) is 17.5 Å². The van der Waals surface area contributed by atoms with E-state index in [4.69, 9.17) is 0 Å². The lowest BCUT2D eigenvalue weighted by molar-refractivity contribution is -0.123. The molecule has 2 aromatic carbocycles. The fourth-order valence-electron chi connectivity index (χ4n) is 3.83. The van der Waals surface area contributed by atoms with Crippen LogP contribution in [0.4, 0.5) is 4.39 Å². The van der Waals surface area contributed by atoms with Crippen molar-refractivity contribution in [2.75, 3.05) is 19.6 Å². The van der Waals surface area contributed by atoms with Crippen LogP contribution in [0.25, 0.3) is 0 Å². The van der Waals surface area contributed by atoms with Crippen molar-refractivity contribution in [1.82, 2.24) is 14.9 Å². The number of nitrogens with one attached hydrogen (secondary N) is 2. The topological polar surface area (TPSA) is 78.5 Å². The van der Waals surface area contributed by atoms with E-state index in [1.165, 1.54) is 12.1 Å². The van der Waals surface area contributed by atoms with E-state index in [-0.39, 0.29) is 35.3 Å². The molecule has 0 bridgehead atoms. The van der Waals surface area contributed by atoms with E-state index in [0.717, 1.165) is 17.7 Å². The highest BCUT2D eigenvalue weighted by atomic mass is 32.2. The summed E-state index contributed by atoms with van der Waals surface area (Å²) in [5, 5.41) is 3.13. The quantitative estimate of drug-likeness (QED) is 0.652. The van der Waals surface area contributed by atoms with Crippen LogP contribution in [0.2, 0.25) is 0 Å². The zero-order valence-corrected chi connectivity index (χ0v) is 18.7. The molecule has 3 rings (SSSR count). The molecule has 1 fully saturated rings. The fraction of sp³-hybridized carbons (Fsp3) is 0.435. The molecule has 1 atom stereocenters. The van der Waals surface area contributed by atoms with Crippen molar-refractivity contribution in [1.29, 1.82) is 0 Å². The Morgan fingerprint density at radius 3 is 2.26 bits per heavy atom. The zero-order chi connectivity index (χ0) is 22.4. The molecule has 31 heavy (non-hydrogen) atoms. The molecule has 0 radical (unpaired) electrons. The van der Waals surface area contributed by atoms with Gasteiger partial charge in [0.25, 0.3) is 0 Å². The molecule has 2 aromatic rings. The van der Waals surface area contributed by atoms with Gasteiger partial charge in [0, 0.05) is 19.1 Å². The highest BCUT2D eigenvalue weighted by Gasteiger charge is 2.26. The maximum Gasteiger partial charge on any atom is 0.240 e. The van der Waals surface area contributed by atoms with Crippen LogP contribution >= 0.6 is 0 Å². The minimum absolute atomic E-state index is 0.0344. The molecule has 0 saturated carbocycles. The summed E-state index contributed by atoms with van der Waals surface area (Å²) in [5.74, 6) is -0.247. The van der Waals surface area contributed by atoms with E-state index in [9.17, 15) is 17.6 Å². The number of sulfonamides is 1. The van der Waals surface area contributed by atoms with Gasteiger partial charge in [-0.3, -0.25) is 9.69 Å². The number of carbonyl (C=O) groups excluding carboxylic acids is 1. The van der Waals surface area contributed by atoms with E-state index in [0.29, 0.717) is 25.9 Å². The molecule has 0 spiro atoms. The number of halogens is 1. The predicted molar refractivity (Wildman–Crippen MR) is 118 cm³/mol. The van der Waals surface area contributed by atoms with Crippen LogP contribution in [-0.4, -0.2) is 44.9 Å². The Labute approximate surface area is 183 Å². The Bertz CT molecular complexity index is 957. The van der Waals surface area contributed by atoms with E-state index in [1.807, 2.05) is 35.2 Å². The Morgan fingerprint density at radius 1 is 1.06 bits per heavy atom. The van der Waals surface area contributed by atoms with E-state index < -0.39 is 15.8 Å². The van der Waals surface area contributed by atoms with E-state index in [2.05, 4.69) is 23.9 Å². The van der Waals surface area contributed by atoms with Crippen LogP contribution in [0.5, 0.6) is 0 Å². The second-order valence-electron chi connectivity index (χ2n) is 8.33. The van der Waals surface area contributed by atoms with Crippen LogP contribution in [0.3, 0.4) is 0 Å². The number of likely N-dealkylation sites (tertiary alicyclic amines) is 1. The zero-order valence-electron chi connectivity index (χ0n) is 17.9. The van der Waals surface area contributed by atoms with Gasteiger partial charge in [-0.15, -0.1) is 0 Å². The normalized spacial score (nSPS) is 16.9. The lowest BCUT2D eigenvalue weighted by Gasteiger charge is -2.32. The predicted octanol–water partition coefficient (Wildman–Crippen LogP) is 3.08. The molecule has 1 saturated heterocycles. The first kappa shape index (κ1) is 23.4. The first-order valence-corrected chi connectivity index (χ1v) is 12.1. The average molecular weight is 448 g/mol. The number of carbonyl (C=O) groups is 1. The number of nitrogens with zero attached hydrogens (tertiary/aromatic N) is 1. The lowest BCUT2D eigenvalue weighted by Crippen LogP contribution is -2.48. The first-order chi connectivity index (χ1) is 14.7. The summed E-state index contributed by atoms with van der Waals surface area (Å²) >= 11 is 0. The molecule has 0 aromatic heterocycles. The monoisotopic (exact) mass is 447 g/mol. The number of piperidine rings is 1. The van der Waals surface area contributed by atoms with Gasteiger partial charge < -0.3 is 5.32 Å². The van der Waals surface area contributed by atoms with Gasteiger partial charge in [0.1, 0.15) is 5.82 Å². The van der Waals surface area contributed by atoms with Crippen molar-refractivity contribution in [2.24, 2.45) is 5.92 Å². The number of amides is 1. The molecule has 1 aliphatic rings. The Kier molecular flexibility index (Phi) is 7.80. The van der Waals surface area contributed by atoms with Crippen LogP contribution in [0.15, 0.2) is 59.5 Å². The molecule has 1 aliphatic heterocycles. The third kappa shape index (κ3) is 6.59. The standard InChI is InChI=1S/C23H30FN3O3S/c1-17(2)23(18-6-4-3-5-7-18)25-22(28)16-27-14-12-20(13-15-27)26-31(29,30)21-10-8-19(24)9-11-21/h3-11,17,20,23,26H,12-16H2,1-2H3,(H,25,28). The van der Waals surface area contributed by atoms with Crippen molar-refractivity contribution >= 4 is 15.9 Å². The van der Waals surface area contributed by atoms with Gasteiger partial charge in [0.05, 0.1) is 17.5 Å². The molecular weight excluding hydrogens is 417 g/mol. The molecule has 168 valence electrons. The van der Waals surface area contributed by atoms with Crippen molar-refractivity contribution in [3.05, 3.63) is 66.0 Å². The molecule has 1 heterocycles. The lowest BCUT2D eigenvalue weighted by atomic mass is 9.96. The van der Waals surface area contributed by atoms with Crippen LogP contribution < -0.4 is 10.0 Å². The third-order valence-corrected chi connectivity index (χ3v) is 7.08. The van der Waals surface area contributed by atoms with Crippen molar-refractivity contribution < 1.29 is 17.6 Å². The molecule has 0 aliphatic carbocycles. The Morgan fingerprint density at radius 2 is 1.68 bits per heavy atom. The van der Waals surface area contributed by atoms with Gasteiger partial charge in [-0.1, -0.05) is 44.2 Å². The molecule has 8 heteroatoms. The SMILES string of the molecule is CC(C)C(NC(=O)CN1CCC(NS(=O)(=O)c2ccc(F)cc2)CC1)c1ccccc1. The molecule has 1 unspecified atom stereocenters. The maximum absolute atomic E-state index is 13.0. The smallest absolute Gasteiger partial charge is 0.240 e. The van der Waals surface area contributed by atoms with Gasteiger partial charge in [-0.05, 0) is 48.6 Å².